The van der Waals surface area contributed by atoms with Crippen LogP contribution in [0.4, 0.5) is 0 Å². The van der Waals surface area contributed by atoms with Gasteiger partial charge >= 0.3 is 5.97 Å². The van der Waals surface area contributed by atoms with Gasteiger partial charge in [0, 0.05) is 0 Å². The Kier molecular flexibility index (Phi) is 2.56. The van der Waals surface area contributed by atoms with Gasteiger partial charge in [0.2, 0.25) is 5.60 Å². The monoisotopic (exact) mass is 204 g/mol. The fourth-order valence-corrected chi connectivity index (χ4v) is 1.43. The van der Waals surface area contributed by atoms with Crippen molar-refractivity contribution in [2.45, 2.75) is 5.60 Å². The predicted molar refractivity (Wildman–Crippen MR) is 55.2 cm³/mol. The van der Waals surface area contributed by atoms with E-state index < -0.39 is 5.60 Å². The Bertz CT molecular complexity index is 366. The zero-order valence-electron chi connectivity index (χ0n) is 8.31. The lowest BCUT2D eigenvalue weighted by atomic mass is 10.0. The minimum atomic E-state index is -0.857. The van der Waals surface area contributed by atoms with Crippen LogP contribution in [0.15, 0.2) is 43.0 Å². The molecule has 1 aromatic carbocycles. The van der Waals surface area contributed by atoms with Crippen LogP contribution in [0, 0.1) is 0 Å². The number of ether oxygens (including phenoxy) is 2. The average Bonchev–Trinajstić information content (AvgIpc) is 3.08. The molecule has 3 heteroatoms. The highest BCUT2D eigenvalue weighted by molar-refractivity contribution is 5.84. The highest BCUT2D eigenvalue weighted by Crippen LogP contribution is 2.39. The van der Waals surface area contributed by atoms with Gasteiger partial charge in [0.25, 0.3) is 0 Å². The fourth-order valence-electron chi connectivity index (χ4n) is 1.43. The van der Waals surface area contributed by atoms with Crippen LogP contribution in [0.3, 0.4) is 0 Å². The zero-order chi connectivity index (χ0) is 10.7. The largest absolute Gasteiger partial charge is 0.459 e. The molecule has 0 saturated carbocycles. The molecule has 0 N–H and O–H groups in total. The summed E-state index contributed by atoms with van der Waals surface area (Å²) in [6.45, 7) is 4.10. The van der Waals surface area contributed by atoms with Crippen LogP contribution in [0.2, 0.25) is 0 Å². The van der Waals surface area contributed by atoms with Crippen molar-refractivity contribution in [1.29, 1.82) is 0 Å². The first kappa shape index (κ1) is 9.93. The summed E-state index contributed by atoms with van der Waals surface area (Å²) >= 11 is 0. The van der Waals surface area contributed by atoms with E-state index in [4.69, 9.17) is 9.47 Å². The number of rotatable bonds is 4. The van der Waals surface area contributed by atoms with E-state index in [0.29, 0.717) is 6.61 Å². The maximum Gasteiger partial charge on any atom is 0.345 e. The third kappa shape index (κ3) is 1.78. The molecule has 0 radical (unpaired) electrons. The Balaban J connectivity index is 2.14. The van der Waals surface area contributed by atoms with E-state index in [0.717, 1.165) is 5.56 Å². The lowest BCUT2D eigenvalue weighted by Crippen LogP contribution is -2.24. The van der Waals surface area contributed by atoms with Crippen molar-refractivity contribution in [3.63, 3.8) is 0 Å². The molecule has 0 amide bonds. The molecule has 1 unspecified atom stereocenters. The molecule has 1 aliphatic heterocycles. The second kappa shape index (κ2) is 3.87. The van der Waals surface area contributed by atoms with Gasteiger partial charge in [-0.25, -0.2) is 4.79 Å². The van der Waals surface area contributed by atoms with Crippen molar-refractivity contribution in [2.24, 2.45) is 0 Å². The number of hydrogen-bond acceptors (Lipinski definition) is 3. The molecule has 1 saturated heterocycles. The van der Waals surface area contributed by atoms with E-state index >= 15 is 0 Å². The van der Waals surface area contributed by atoms with Gasteiger partial charge < -0.3 is 9.47 Å². The summed E-state index contributed by atoms with van der Waals surface area (Å²) < 4.78 is 10.2. The molecule has 1 aromatic rings. The maximum absolute atomic E-state index is 11.7. The van der Waals surface area contributed by atoms with Crippen molar-refractivity contribution in [2.75, 3.05) is 13.2 Å². The van der Waals surface area contributed by atoms with Crippen LogP contribution in [0.1, 0.15) is 5.56 Å². The fraction of sp³-hybridized carbons (Fsp3) is 0.250. The molecule has 15 heavy (non-hydrogen) atoms. The molecule has 2 rings (SSSR count). The first-order valence-corrected chi connectivity index (χ1v) is 4.77. The predicted octanol–water partition coefficient (Wildman–Crippen LogP) is 1.64. The molecule has 0 bridgehead atoms. The van der Waals surface area contributed by atoms with Gasteiger partial charge in [-0.15, -0.1) is 0 Å². The summed E-state index contributed by atoms with van der Waals surface area (Å²) in [7, 11) is 0. The molecule has 0 aromatic heterocycles. The molecule has 1 fully saturated rings. The van der Waals surface area contributed by atoms with E-state index in [-0.39, 0.29) is 12.6 Å². The second-order valence-electron chi connectivity index (χ2n) is 3.37. The maximum atomic E-state index is 11.7. The van der Waals surface area contributed by atoms with Gasteiger partial charge in [-0.2, -0.15) is 0 Å². The highest BCUT2D eigenvalue weighted by Gasteiger charge is 2.55. The first-order valence-electron chi connectivity index (χ1n) is 4.77. The standard InChI is InChI=1S/C12H12O3/c1-2-8-14-11(13)12(9-15-12)10-6-4-3-5-7-10/h2-7H,1,8-9H2. The van der Waals surface area contributed by atoms with Crippen LogP contribution in [-0.4, -0.2) is 19.2 Å². The molecule has 0 aliphatic carbocycles. The van der Waals surface area contributed by atoms with E-state index in [1.54, 1.807) is 6.08 Å². The average molecular weight is 204 g/mol. The van der Waals surface area contributed by atoms with Gasteiger partial charge in [0.05, 0.1) is 6.61 Å². The normalized spacial score (nSPS) is 23.2. The minimum absolute atomic E-state index is 0.219. The third-order valence-electron chi connectivity index (χ3n) is 2.34. The minimum Gasteiger partial charge on any atom is -0.459 e. The van der Waals surface area contributed by atoms with Crippen LogP contribution >= 0.6 is 0 Å². The van der Waals surface area contributed by atoms with Gasteiger partial charge in [-0.05, 0) is 5.56 Å². The molecule has 3 nitrogen and oxygen atoms in total. The molecular formula is C12H12O3. The van der Waals surface area contributed by atoms with E-state index in [9.17, 15) is 4.79 Å². The Hall–Kier alpha value is -1.61. The van der Waals surface area contributed by atoms with Crippen LogP contribution in [0.25, 0.3) is 0 Å². The quantitative estimate of drug-likeness (QED) is 0.425. The number of benzene rings is 1. The topological polar surface area (TPSA) is 38.8 Å². The molecular weight excluding hydrogens is 192 g/mol. The van der Waals surface area contributed by atoms with Crippen LogP contribution in [0.5, 0.6) is 0 Å². The van der Waals surface area contributed by atoms with E-state index in [1.165, 1.54) is 0 Å². The molecule has 1 aliphatic rings. The zero-order valence-corrected chi connectivity index (χ0v) is 8.31. The summed E-state index contributed by atoms with van der Waals surface area (Å²) in [5, 5.41) is 0. The Morgan fingerprint density at radius 1 is 1.53 bits per heavy atom. The first-order chi connectivity index (χ1) is 7.29. The number of esters is 1. The Labute approximate surface area is 88.3 Å². The van der Waals surface area contributed by atoms with Gasteiger partial charge in [-0.1, -0.05) is 43.0 Å². The summed E-state index contributed by atoms with van der Waals surface area (Å²) in [4.78, 5) is 11.7. The molecule has 0 spiro atoms. The summed E-state index contributed by atoms with van der Waals surface area (Å²) in [5.74, 6) is -0.339. The third-order valence-corrected chi connectivity index (χ3v) is 2.34. The smallest absolute Gasteiger partial charge is 0.345 e. The Morgan fingerprint density at radius 3 is 2.73 bits per heavy atom. The second-order valence-corrected chi connectivity index (χ2v) is 3.37. The Morgan fingerprint density at radius 2 is 2.20 bits per heavy atom. The summed E-state index contributed by atoms with van der Waals surface area (Å²) in [6.07, 6.45) is 1.54. The molecule has 1 heterocycles. The van der Waals surface area contributed by atoms with Crippen molar-refractivity contribution < 1.29 is 14.3 Å². The number of hydrogen-bond donors (Lipinski definition) is 0. The van der Waals surface area contributed by atoms with Gasteiger partial charge in [0.1, 0.15) is 6.61 Å². The SMILES string of the molecule is C=CCOC(=O)C1(c2ccccc2)CO1. The molecule has 78 valence electrons. The number of epoxide rings is 1. The lowest BCUT2D eigenvalue weighted by Gasteiger charge is -2.10. The van der Waals surface area contributed by atoms with Crippen molar-refractivity contribution in [3.05, 3.63) is 48.6 Å². The number of carbonyl (C=O) groups is 1. The van der Waals surface area contributed by atoms with Crippen LogP contribution < -0.4 is 0 Å². The van der Waals surface area contributed by atoms with Crippen molar-refractivity contribution >= 4 is 5.97 Å². The van der Waals surface area contributed by atoms with E-state index in [2.05, 4.69) is 6.58 Å². The van der Waals surface area contributed by atoms with Crippen molar-refractivity contribution in [3.8, 4) is 0 Å². The van der Waals surface area contributed by atoms with Gasteiger partial charge in [-0.3, -0.25) is 0 Å². The summed E-state index contributed by atoms with van der Waals surface area (Å²) in [5.41, 5.74) is -0.0105. The summed E-state index contributed by atoms with van der Waals surface area (Å²) in [6, 6.07) is 9.37. The number of carbonyl (C=O) groups excluding carboxylic acids is 1. The van der Waals surface area contributed by atoms with Crippen molar-refractivity contribution in [1.82, 2.24) is 0 Å². The lowest BCUT2D eigenvalue weighted by molar-refractivity contribution is -0.149. The highest BCUT2D eigenvalue weighted by atomic mass is 16.6. The van der Waals surface area contributed by atoms with Crippen LogP contribution in [-0.2, 0) is 19.9 Å². The molecule has 1 atom stereocenters. The van der Waals surface area contributed by atoms with E-state index in [1.807, 2.05) is 30.3 Å². The van der Waals surface area contributed by atoms with Gasteiger partial charge in [0.15, 0.2) is 0 Å².